The summed E-state index contributed by atoms with van der Waals surface area (Å²) in [6.07, 6.45) is 0.513. The summed E-state index contributed by atoms with van der Waals surface area (Å²) in [6.45, 7) is 6.27. The third-order valence-corrected chi connectivity index (χ3v) is 3.44. The van der Waals surface area contributed by atoms with Gasteiger partial charge in [0.1, 0.15) is 5.69 Å². The van der Waals surface area contributed by atoms with Crippen LogP contribution in [0.25, 0.3) is 0 Å². The Morgan fingerprint density at radius 2 is 2.20 bits per heavy atom. The lowest BCUT2D eigenvalue weighted by atomic mass is 10.2. The molecule has 1 heterocycles. The molecular formula is C13H20N2O4S. The maximum atomic E-state index is 12.3. The van der Waals surface area contributed by atoms with Crippen molar-refractivity contribution in [3.63, 3.8) is 0 Å². The molecule has 0 aromatic carbocycles. The monoisotopic (exact) mass is 300 g/mol. The van der Waals surface area contributed by atoms with Crippen molar-refractivity contribution in [1.29, 1.82) is 0 Å². The van der Waals surface area contributed by atoms with Crippen molar-refractivity contribution in [2.45, 2.75) is 33.2 Å². The normalized spacial score (nSPS) is 10.7. The number of nitrogens with zero attached hydrogens (tertiary/aromatic N) is 2. The topological polar surface area (TPSA) is 79.7 Å². The molecule has 6 nitrogen and oxygen atoms in total. The number of carbonyl (C=O) groups is 2. The van der Waals surface area contributed by atoms with Gasteiger partial charge in [0.25, 0.3) is 5.91 Å². The van der Waals surface area contributed by atoms with Gasteiger partial charge >= 0.3 is 5.97 Å². The van der Waals surface area contributed by atoms with E-state index in [4.69, 9.17) is 9.84 Å². The maximum Gasteiger partial charge on any atom is 0.367 e. The van der Waals surface area contributed by atoms with E-state index in [9.17, 15) is 9.59 Å². The highest BCUT2D eigenvalue weighted by molar-refractivity contribution is 7.11. The van der Waals surface area contributed by atoms with Crippen molar-refractivity contribution in [2.24, 2.45) is 0 Å². The average molecular weight is 300 g/mol. The minimum absolute atomic E-state index is 0.00166. The molecule has 0 aliphatic rings. The molecule has 1 amide bonds. The standard InChI is InChI=1S/C13H20N2O4S/c1-4-19-13(18)11-14-10(8-20-11)12(17)15(9(2)3)6-5-7-16/h8-9,16H,4-7H2,1-3H3. The molecule has 1 aromatic rings. The van der Waals surface area contributed by atoms with Crippen molar-refractivity contribution < 1.29 is 19.4 Å². The van der Waals surface area contributed by atoms with Crippen molar-refractivity contribution in [1.82, 2.24) is 9.88 Å². The van der Waals surface area contributed by atoms with Crippen LogP contribution in [0.5, 0.6) is 0 Å². The zero-order valence-electron chi connectivity index (χ0n) is 12.0. The minimum Gasteiger partial charge on any atom is -0.461 e. The Labute approximate surface area is 122 Å². The lowest BCUT2D eigenvalue weighted by molar-refractivity contribution is 0.0526. The van der Waals surface area contributed by atoms with E-state index in [-0.39, 0.29) is 35.9 Å². The second-order valence-corrected chi connectivity index (χ2v) is 5.29. The molecule has 1 rings (SSSR count). The number of amides is 1. The predicted molar refractivity (Wildman–Crippen MR) is 75.9 cm³/mol. The maximum absolute atomic E-state index is 12.3. The summed E-state index contributed by atoms with van der Waals surface area (Å²) in [5, 5.41) is 10.6. The van der Waals surface area contributed by atoms with Crippen LogP contribution < -0.4 is 0 Å². The highest BCUT2D eigenvalue weighted by Gasteiger charge is 2.22. The molecule has 1 aromatic heterocycles. The summed E-state index contributed by atoms with van der Waals surface area (Å²) in [5.74, 6) is -0.747. The lowest BCUT2D eigenvalue weighted by Crippen LogP contribution is -2.38. The quantitative estimate of drug-likeness (QED) is 0.773. The number of thiazole rings is 1. The molecule has 0 unspecified atom stereocenters. The average Bonchev–Trinajstić information content (AvgIpc) is 2.88. The predicted octanol–water partition coefficient (Wildman–Crippen LogP) is 1.55. The summed E-state index contributed by atoms with van der Waals surface area (Å²) >= 11 is 1.10. The molecule has 0 bridgehead atoms. The molecule has 0 atom stereocenters. The van der Waals surface area contributed by atoms with Gasteiger partial charge in [0.05, 0.1) is 6.61 Å². The van der Waals surface area contributed by atoms with Gasteiger partial charge in [0.15, 0.2) is 0 Å². The summed E-state index contributed by atoms with van der Waals surface area (Å²) in [6, 6.07) is 0.00166. The molecular weight excluding hydrogens is 280 g/mol. The summed E-state index contributed by atoms with van der Waals surface area (Å²) in [5.41, 5.74) is 0.240. The van der Waals surface area contributed by atoms with Crippen LogP contribution in [-0.2, 0) is 4.74 Å². The number of ether oxygens (including phenoxy) is 1. The number of hydrogen-bond donors (Lipinski definition) is 1. The molecule has 0 spiro atoms. The Kier molecular flexibility index (Phi) is 6.60. The molecule has 7 heteroatoms. The van der Waals surface area contributed by atoms with Crippen molar-refractivity contribution >= 4 is 23.2 Å². The number of aliphatic hydroxyl groups is 1. The Hall–Kier alpha value is -1.47. The van der Waals surface area contributed by atoms with Gasteiger partial charge in [-0.25, -0.2) is 9.78 Å². The fourth-order valence-electron chi connectivity index (χ4n) is 1.64. The summed E-state index contributed by atoms with van der Waals surface area (Å²) in [4.78, 5) is 29.5. The number of carbonyl (C=O) groups excluding carboxylic acids is 2. The first kappa shape index (κ1) is 16.6. The molecule has 1 N–H and O–H groups in total. The summed E-state index contributed by atoms with van der Waals surface area (Å²) < 4.78 is 4.84. The molecule has 0 aliphatic carbocycles. The van der Waals surface area contributed by atoms with E-state index in [0.717, 1.165) is 11.3 Å². The summed E-state index contributed by atoms with van der Waals surface area (Å²) in [7, 11) is 0. The lowest BCUT2D eigenvalue weighted by Gasteiger charge is -2.25. The Bertz CT molecular complexity index is 459. The Morgan fingerprint density at radius 3 is 2.75 bits per heavy atom. The van der Waals surface area contributed by atoms with Gasteiger partial charge in [0.2, 0.25) is 5.01 Å². The van der Waals surface area contributed by atoms with Crippen molar-refractivity contribution in [2.75, 3.05) is 19.8 Å². The van der Waals surface area contributed by atoms with Crippen LogP contribution in [0.15, 0.2) is 5.38 Å². The number of aromatic nitrogens is 1. The van der Waals surface area contributed by atoms with Crippen LogP contribution in [0, 0.1) is 0 Å². The fourth-order valence-corrected chi connectivity index (χ4v) is 2.32. The van der Waals surface area contributed by atoms with Gasteiger partial charge in [-0.2, -0.15) is 0 Å². The van der Waals surface area contributed by atoms with Gasteiger partial charge in [0, 0.05) is 24.6 Å². The molecule has 20 heavy (non-hydrogen) atoms. The molecule has 0 saturated heterocycles. The molecule has 112 valence electrons. The van der Waals surface area contributed by atoms with E-state index < -0.39 is 5.97 Å². The number of aliphatic hydroxyl groups excluding tert-OH is 1. The zero-order chi connectivity index (χ0) is 15.1. The van der Waals surface area contributed by atoms with E-state index in [2.05, 4.69) is 4.98 Å². The van der Waals surface area contributed by atoms with E-state index >= 15 is 0 Å². The zero-order valence-corrected chi connectivity index (χ0v) is 12.8. The Balaban J connectivity index is 2.82. The SMILES string of the molecule is CCOC(=O)c1nc(C(=O)N(CCCO)C(C)C)cs1. The fraction of sp³-hybridized carbons (Fsp3) is 0.615. The molecule has 0 aliphatic heterocycles. The van der Waals surface area contributed by atoms with Crippen molar-refractivity contribution in [3.05, 3.63) is 16.1 Å². The van der Waals surface area contributed by atoms with Gasteiger partial charge in [-0.15, -0.1) is 11.3 Å². The van der Waals surface area contributed by atoms with Gasteiger partial charge in [-0.3, -0.25) is 4.79 Å². The van der Waals surface area contributed by atoms with Crippen LogP contribution in [-0.4, -0.2) is 52.7 Å². The van der Waals surface area contributed by atoms with Crippen molar-refractivity contribution in [3.8, 4) is 0 Å². The molecule has 0 saturated carbocycles. The number of hydrogen-bond acceptors (Lipinski definition) is 6. The van der Waals surface area contributed by atoms with Gasteiger partial charge in [-0.05, 0) is 27.2 Å². The first-order chi connectivity index (χ1) is 9.51. The van der Waals surface area contributed by atoms with Gasteiger partial charge < -0.3 is 14.7 Å². The number of esters is 1. The van der Waals surface area contributed by atoms with E-state index in [1.54, 1.807) is 17.2 Å². The highest BCUT2D eigenvalue weighted by atomic mass is 32.1. The smallest absolute Gasteiger partial charge is 0.367 e. The minimum atomic E-state index is -0.511. The van der Waals surface area contributed by atoms with Crippen LogP contribution in [0.3, 0.4) is 0 Å². The largest absolute Gasteiger partial charge is 0.461 e. The highest BCUT2D eigenvalue weighted by Crippen LogP contribution is 2.15. The van der Waals surface area contributed by atoms with Crippen LogP contribution in [0.4, 0.5) is 0 Å². The first-order valence-electron chi connectivity index (χ1n) is 6.55. The molecule has 0 fully saturated rings. The van der Waals surface area contributed by atoms with E-state index in [1.165, 1.54) is 0 Å². The third kappa shape index (κ3) is 4.28. The van der Waals surface area contributed by atoms with E-state index in [1.807, 2.05) is 13.8 Å². The molecule has 0 radical (unpaired) electrons. The Morgan fingerprint density at radius 1 is 1.50 bits per heavy atom. The third-order valence-electron chi connectivity index (χ3n) is 2.61. The van der Waals surface area contributed by atoms with Crippen LogP contribution in [0.2, 0.25) is 0 Å². The second-order valence-electron chi connectivity index (χ2n) is 4.43. The van der Waals surface area contributed by atoms with Gasteiger partial charge in [-0.1, -0.05) is 0 Å². The number of rotatable bonds is 7. The van der Waals surface area contributed by atoms with E-state index in [0.29, 0.717) is 13.0 Å². The van der Waals surface area contributed by atoms with Crippen LogP contribution in [0.1, 0.15) is 47.5 Å². The van der Waals surface area contributed by atoms with Crippen LogP contribution >= 0.6 is 11.3 Å². The second kappa shape index (κ2) is 7.96. The first-order valence-corrected chi connectivity index (χ1v) is 7.43.